The summed E-state index contributed by atoms with van der Waals surface area (Å²) in [5.74, 6) is -1.22. The van der Waals surface area contributed by atoms with E-state index in [-0.39, 0.29) is 5.91 Å². The van der Waals surface area contributed by atoms with Crippen LogP contribution in [0.4, 0.5) is 0 Å². The second-order valence-electron chi connectivity index (χ2n) is 4.57. The van der Waals surface area contributed by atoms with E-state index in [0.29, 0.717) is 13.0 Å². The molecule has 3 N–H and O–H groups in total. The predicted molar refractivity (Wildman–Crippen MR) is 55.3 cm³/mol. The molecule has 86 valence electrons. The Hall–Kier alpha value is -1.10. The largest absolute Gasteiger partial charge is 0.480 e. The van der Waals surface area contributed by atoms with E-state index < -0.39 is 17.6 Å². The number of likely N-dealkylation sites (tertiary alicyclic amines) is 1. The van der Waals surface area contributed by atoms with Gasteiger partial charge in [0.25, 0.3) is 0 Å². The topological polar surface area (TPSA) is 83.6 Å². The number of aliphatic carboxylic acids is 1. The van der Waals surface area contributed by atoms with Crippen molar-refractivity contribution in [3.05, 3.63) is 0 Å². The van der Waals surface area contributed by atoms with Crippen molar-refractivity contribution in [3.63, 3.8) is 0 Å². The van der Waals surface area contributed by atoms with Gasteiger partial charge in [-0.3, -0.25) is 4.79 Å². The molecule has 0 aromatic heterocycles. The predicted octanol–water partition coefficient (Wildman–Crippen LogP) is 0.189. The van der Waals surface area contributed by atoms with Crippen LogP contribution in [-0.4, -0.2) is 40.0 Å². The molecule has 0 radical (unpaired) electrons. The van der Waals surface area contributed by atoms with Crippen LogP contribution in [0.2, 0.25) is 0 Å². The first-order valence-corrected chi connectivity index (χ1v) is 5.17. The number of carboxylic acid groups (broad SMARTS) is 1. The van der Waals surface area contributed by atoms with Gasteiger partial charge in [0.1, 0.15) is 6.04 Å². The van der Waals surface area contributed by atoms with Crippen molar-refractivity contribution < 1.29 is 14.7 Å². The van der Waals surface area contributed by atoms with Gasteiger partial charge >= 0.3 is 5.97 Å². The number of hydrogen-bond acceptors (Lipinski definition) is 3. The minimum absolute atomic E-state index is 0.283. The highest BCUT2D eigenvalue weighted by Crippen LogP contribution is 2.20. The van der Waals surface area contributed by atoms with Crippen molar-refractivity contribution in [2.45, 2.75) is 44.7 Å². The van der Waals surface area contributed by atoms with E-state index in [1.165, 1.54) is 4.90 Å². The Morgan fingerprint density at radius 2 is 2.00 bits per heavy atom. The van der Waals surface area contributed by atoms with E-state index in [1.807, 2.05) is 0 Å². The Bertz CT molecular complexity index is 270. The van der Waals surface area contributed by atoms with E-state index in [1.54, 1.807) is 13.8 Å². The third-order valence-corrected chi connectivity index (χ3v) is 2.60. The van der Waals surface area contributed by atoms with Gasteiger partial charge in [0.05, 0.1) is 5.54 Å². The third kappa shape index (κ3) is 2.68. The summed E-state index contributed by atoms with van der Waals surface area (Å²) >= 11 is 0. The molecule has 1 saturated heterocycles. The van der Waals surface area contributed by atoms with Gasteiger partial charge < -0.3 is 15.7 Å². The zero-order valence-electron chi connectivity index (χ0n) is 9.19. The first-order chi connectivity index (χ1) is 6.84. The van der Waals surface area contributed by atoms with Crippen molar-refractivity contribution >= 4 is 11.9 Å². The number of rotatable bonds is 2. The lowest BCUT2D eigenvalue weighted by atomic mass is 9.97. The summed E-state index contributed by atoms with van der Waals surface area (Å²) < 4.78 is 0. The van der Waals surface area contributed by atoms with Crippen molar-refractivity contribution in [1.82, 2.24) is 4.90 Å². The molecule has 1 aliphatic heterocycles. The molecule has 1 aliphatic rings. The number of carbonyl (C=O) groups is 2. The maximum absolute atomic E-state index is 11.9. The smallest absolute Gasteiger partial charge is 0.326 e. The monoisotopic (exact) mass is 214 g/mol. The maximum Gasteiger partial charge on any atom is 0.326 e. The van der Waals surface area contributed by atoms with Crippen molar-refractivity contribution in [1.29, 1.82) is 0 Å². The fourth-order valence-corrected chi connectivity index (χ4v) is 1.80. The molecule has 1 unspecified atom stereocenters. The summed E-state index contributed by atoms with van der Waals surface area (Å²) in [7, 11) is 0. The SMILES string of the molecule is CC(C)(N)C(=O)N1CCCCC1C(=O)O. The molecule has 0 aromatic carbocycles. The number of piperidine rings is 1. The zero-order valence-corrected chi connectivity index (χ0v) is 9.19. The number of nitrogens with two attached hydrogens (primary N) is 1. The number of carboxylic acids is 1. The molecule has 0 aliphatic carbocycles. The number of carbonyl (C=O) groups excluding carboxylic acids is 1. The third-order valence-electron chi connectivity index (χ3n) is 2.60. The number of amides is 1. The van der Waals surface area contributed by atoms with Gasteiger partial charge in [-0.2, -0.15) is 0 Å². The van der Waals surface area contributed by atoms with Gasteiger partial charge in [-0.05, 0) is 33.1 Å². The number of hydrogen-bond donors (Lipinski definition) is 2. The summed E-state index contributed by atoms with van der Waals surface area (Å²) in [4.78, 5) is 24.2. The molecule has 5 heteroatoms. The van der Waals surface area contributed by atoms with Crippen molar-refractivity contribution in [2.75, 3.05) is 6.54 Å². The van der Waals surface area contributed by atoms with Crippen LogP contribution in [0.1, 0.15) is 33.1 Å². The molecule has 15 heavy (non-hydrogen) atoms. The zero-order chi connectivity index (χ0) is 11.6. The van der Waals surface area contributed by atoms with Crippen molar-refractivity contribution in [2.24, 2.45) is 5.73 Å². The Labute approximate surface area is 89.2 Å². The Balaban J connectivity index is 2.81. The molecule has 0 bridgehead atoms. The average Bonchev–Trinajstić information content (AvgIpc) is 2.15. The van der Waals surface area contributed by atoms with Crippen LogP contribution in [0.25, 0.3) is 0 Å². The van der Waals surface area contributed by atoms with Gasteiger partial charge in [-0.25, -0.2) is 4.79 Å². The van der Waals surface area contributed by atoms with Crippen LogP contribution in [0.3, 0.4) is 0 Å². The van der Waals surface area contributed by atoms with E-state index in [0.717, 1.165) is 12.8 Å². The molecule has 1 amide bonds. The molecule has 5 nitrogen and oxygen atoms in total. The Kier molecular flexibility index (Phi) is 3.34. The summed E-state index contributed by atoms with van der Waals surface area (Å²) in [5.41, 5.74) is 4.69. The fraction of sp³-hybridized carbons (Fsp3) is 0.800. The average molecular weight is 214 g/mol. The fourth-order valence-electron chi connectivity index (χ4n) is 1.80. The summed E-state index contributed by atoms with van der Waals surface area (Å²) in [5, 5.41) is 8.99. The van der Waals surface area contributed by atoms with Gasteiger partial charge in [-0.1, -0.05) is 0 Å². The Morgan fingerprint density at radius 1 is 1.40 bits per heavy atom. The molecular formula is C10H18N2O3. The second-order valence-corrected chi connectivity index (χ2v) is 4.57. The lowest BCUT2D eigenvalue weighted by molar-refractivity contribution is -0.154. The molecule has 1 fully saturated rings. The molecule has 0 aromatic rings. The molecule has 0 spiro atoms. The van der Waals surface area contributed by atoms with Crippen LogP contribution in [0.15, 0.2) is 0 Å². The highest BCUT2D eigenvalue weighted by molar-refractivity contribution is 5.89. The van der Waals surface area contributed by atoms with Crippen LogP contribution >= 0.6 is 0 Å². The van der Waals surface area contributed by atoms with Gasteiger partial charge in [-0.15, -0.1) is 0 Å². The van der Waals surface area contributed by atoms with E-state index in [9.17, 15) is 9.59 Å². The molecular weight excluding hydrogens is 196 g/mol. The summed E-state index contributed by atoms with van der Waals surface area (Å²) in [6, 6.07) is -0.700. The van der Waals surface area contributed by atoms with Crippen LogP contribution in [0.5, 0.6) is 0 Å². The van der Waals surface area contributed by atoms with Gasteiger partial charge in [0.15, 0.2) is 0 Å². The minimum Gasteiger partial charge on any atom is -0.480 e. The lowest BCUT2D eigenvalue weighted by Crippen LogP contribution is -2.57. The van der Waals surface area contributed by atoms with Crippen LogP contribution < -0.4 is 5.73 Å². The quantitative estimate of drug-likeness (QED) is 0.687. The standard InChI is InChI=1S/C10H18N2O3/c1-10(2,11)9(15)12-6-4-3-5-7(12)8(13)14/h7H,3-6,11H2,1-2H3,(H,13,14). The van der Waals surface area contributed by atoms with Crippen LogP contribution in [-0.2, 0) is 9.59 Å². The normalized spacial score (nSPS) is 22.6. The Morgan fingerprint density at radius 3 is 2.47 bits per heavy atom. The minimum atomic E-state index is -0.995. The highest BCUT2D eigenvalue weighted by Gasteiger charge is 2.37. The molecule has 0 saturated carbocycles. The van der Waals surface area contributed by atoms with Crippen LogP contribution in [0, 0.1) is 0 Å². The molecule has 1 heterocycles. The van der Waals surface area contributed by atoms with Gasteiger partial charge in [0, 0.05) is 6.54 Å². The molecule has 1 atom stereocenters. The summed E-state index contributed by atoms with van der Waals surface area (Å²) in [6.45, 7) is 3.70. The first-order valence-electron chi connectivity index (χ1n) is 5.17. The van der Waals surface area contributed by atoms with E-state index >= 15 is 0 Å². The highest BCUT2D eigenvalue weighted by atomic mass is 16.4. The van der Waals surface area contributed by atoms with E-state index in [2.05, 4.69) is 0 Å². The number of nitrogens with zero attached hydrogens (tertiary/aromatic N) is 1. The first kappa shape index (κ1) is 12.0. The van der Waals surface area contributed by atoms with Gasteiger partial charge in [0.2, 0.25) is 5.91 Å². The second kappa shape index (κ2) is 4.18. The molecule has 1 rings (SSSR count). The van der Waals surface area contributed by atoms with E-state index in [4.69, 9.17) is 10.8 Å². The van der Waals surface area contributed by atoms with Crippen molar-refractivity contribution in [3.8, 4) is 0 Å². The maximum atomic E-state index is 11.9. The summed E-state index contributed by atoms with van der Waals surface area (Å²) in [6.07, 6.45) is 2.23. The lowest BCUT2D eigenvalue weighted by Gasteiger charge is -2.36.